The number of carbonyl (C=O) groups is 2. The molecule has 0 bridgehead atoms. The van der Waals surface area contributed by atoms with Gasteiger partial charge in [0.25, 0.3) is 11.5 Å². The van der Waals surface area contributed by atoms with Crippen LogP contribution in [0, 0.1) is 0 Å². The molecule has 2 aromatic heterocycles. The summed E-state index contributed by atoms with van der Waals surface area (Å²) >= 11 is 6.33. The quantitative estimate of drug-likeness (QED) is 0.514. The third-order valence-electron chi connectivity index (χ3n) is 5.17. The van der Waals surface area contributed by atoms with Crippen LogP contribution in [0.1, 0.15) is 25.8 Å². The molecular weight excluding hydrogens is 452 g/mol. The van der Waals surface area contributed by atoms with Crippen LogP contribution in [0.2, 0.25) is 0 Å². The molecule has 2 unspecified atom stereocenters. The number of aliphatic carboxylic acids is 1. The minimum Gasteiger partial charge on any atom is -0.481 e. The SMILES string of the molecule is CC1CN(c2nc3ccccn3c(=O)c2C=C2SC(=S)N(CCC(=O)O)C2=O)CC(C)O1. The highest BCUT2D eigenvalue weighted by atomic mass is 32.2. The molecule has 32 heavy (non-hydrogen) atoms. The zero-order chi connectivity index (χ0) is 23.0. The van der Waals surface area contributed by atoms with Crippen LogP contribution in [0.25, 0.3) is 11.7 Å². The van der Waals surface area contributed by atoms with Gasteiger partial charge in [0.2, 0.25) is 0 Å². The first-order valence-electron chi connectivity index (χ1n) is 10.1. The molecule has 0 radical (unpaired) electrons. The van der Waals surface area contributed by atoms with E-state index in [4.69, 9.17) is 27.0 Å². The number of thiocarbonyl (C=S) groups is 1. The third-order valence-corrected chi connectivity index (χ3v) is 6.54. The number of thioether (sulfide) groups is 1. The fraction of sp³-hybridized carbons (Fsp3) is 0.381. The first-order chi connectivity index (χ1) is 15.2. The Balaban J connectivity index is 1.80. The Kier molecular flexibility index (Phi) is 6.31. The van der Waals surface area contributed by atoms with Crippen LogP contribution >= 0.6 is 24.0 Å². The minimum atomic E-state index is -1.02. The molecule has 2 saturated heterocycles. The van der Waals surface area contributed by atoms with Crippen molar-refractivity contribution in [2.75, 3.05) is 24.5 Å². The topological polar surface area (TPSA) is 104 Å². The van der Waals surface area contributed by atoms with Crippen LogP contribution in [0.15, 0.2) is 34.1 Å². The molecule has 2 aromatic rings. The van der Waals surface area contributed by atoms with Crippen LogP contribution in [0.4, 0.5) is 5.82 Å². The fourth-order valence-electron chi connectivity index (χ4n) is 3.84. The van der Waals surface area contributed by atoms with Gasteiger partial charge < -0.3 is 14.7 Å². The third kappa shape index (κ3) is 4.41. The van der Waals surface area contributed by atoms with E-state index in [0.717, 1.165) is 11.8 Å². The number of nitrogens with zero attached hydrogens (tertiary/aromatic N) is 4. The van der Waals surface area contributed by atoms with Crippen LogP contribution in [0.3, 0.4) is 0 Å². The van der Waals surface area contributed by atoms with Gasteiger partial charge in [0.05, 0.1) is 29.1 Å². The van der Waals surface area contributed by atoms with E-state index in [0.29, 0.717) is 24.6 Å². The van der Waals surface area contributed by atoms with E-state index in [-0.39, 0.29) is 45.5 Å². The molecule has 11 heteroatoms. The number of carbonyl (C=O) groups excluding carboxylic acids is 1. The Bertz CT molecular complexity index is 1180. The molecule has 2 atom stereocenters. The van der Waals surface area contributed by atoms with Crippen molar-refractivity contribution in [3.8, 4) is 0 Å². The van der Waals surface area contributed by atoms with Crippen molar-refractivity contribution in [3.63, 3.8) is 0 Å². The number of ether oxygens (including phenoxy) is 1. The van der Waals surface area contributed by atoms with E-state index in [1.165, 1.54) is 15.4 Å². The predicted molar refractivity (Wildman–Crippen MR) is 126 cm³/mol. The summed E-state index contributed by atoms with van der Waals surface area (Å²) in [5.74, 6) is -0.940. The summed E-state index contributed by atoms with van der Waals surface area (Å²) < 4.78 is 7.53. The molecule has 0 aliphatic carbocycles. The zero-order valence-electron chi connectivity index (χ0n) is 17.6. The maximum atomic E-state index is 13.4. The second kappa shape index (κ2) is 9.00. The van der Waals surface area contributed by atoms with Crippen molar-refractivity contribution in [2.24, 2.45) is 0 Å². The molecule has 2 aliphatic rings. The summed E-state index contributed by atoms with van der Waals surface area (Å²) in [5, 5.41) is 8.94. The maximum Gasteiger partial charge on any atom is 0.305 e. The lowest BCUT2D eigenvalue weighted by Crippen LogP contribution is -2.46. The molecule has 2 fully saturated rings. The predicted octanol–water partition coefficient (Wildman–Crippen LogP) is 1.98. The largest absolute Gasteiger partial charge is 0.481 e. The van der Waals surface area contributed by atoms with Gasteiger partial charge in [-0.05, 0) is 32.1 Å². The fourth-order valence-corrected chi connectivity index (χ4v) is 5.13. The average Bonchev–Trinajstić information content (AvgIpc) is 3.00. The number of amides is 1. The van der Waals surface area contributed by atoms with E-state index >= 15 is 0 Å². The van der Waals surface area contributed by atoms with E-state index in [1.807, 2.05) is 24.8 Å². The number of carboxylic acid groups (broad SMARTS) is 1. The van der Waals surface area contributed by atoms with E-state index < -0.39 is 11.9 Å². The van der Waals surface area contributed by atoms with Gasteiger partial charge in [0.1, 0.15) is 15.8 Å². The number of pyridine rings is 1. The Hall–Kier alpha value is -2.76. The molecule has 9 nitrogen and oxygen atoms in total. The van der Waals surface area contributed by atoms with Gasteiger partial charge >= 0.3 is 5.97 Å². The van der Waals surface area contributed by atoms with Crippen molar-refractivity contribution in [1.29, 1.82) is 0 Å². The summed E-state index contributed by atoms with van der Waals surface area (Å²) in [6.45, 7) is 5.02. The smallest absolute Gasteiger partial charge is 0.305 e. The van der Waals surface area contributed by atoms with Crippen molar-refractivity contribution < 1.29 is 19.4 Å². The Labute approximate surface area is 193 Å². The first kappa shape index (κ1) is 22.4. The van der Waals surface area contributed by atoms with Gasteiger partial charge in [0.15, 0.2) is 0 Å². The number of morpholine rings is 1. The number of aromatic nitrogens is 2. The molecule has 1 N–H and O–H groups in total. The number of hydrogen-bond donors (Lipinski definition) is 1. The molecule has 0 aromatic carbocycles. The molecular formula is C21H22N4O5S2. The van der Waals surface area contributed by atoms with E-state index in [9.17, 15) is 14.4 Å². The van der Waals surface area contributed by atoms with Gasteiger partial charge in [0, 0.05) is 25.8 Å². The maximum absolute atomic E-state index is 13.4. The summed E-state index contributed by atoms with van der Waals surface area (Å²) in [7, 11) is 0. The molecule has 4 rings (SSSR count). The number of anilines is 1. The zero-order valence-corrected chi connectivity index (χ0v) is 19.2. The van der Waals surface area contributed by atoms with Crippen LogP contribution in [0.5, 0.6) is 0 Å². The number of fused-ring (bicyclic) bond motifs is 1. The Morgan fingerprint density at radius 3 is 2.72 bits per heavy atom. The monoisotopic (exact) mass is 474 g/mol. The van der Waals surface area contributed by atoms with Gasteiger partial charge in [-0.2, -0.15) is 0 Å². The van der Waals surface area contributed by atoms with Gasteiger partial charge in [-0.25, -0.2) is 4.98 Å². The van der Waals surface area contributed by atoms with E-state index in [2.05, 4.69) is 0 Å². The van der Waals surface area contributed by atoms with Crippen molar-refractivity contribution in [2.45, 2.75) is 32.5 Å². The summed E-state index contributed by atoms with van der Waals surface area (Å²) in [4.78, 5) is 45.5. The Morgan fingerprint density at radius 1 is 1.31 bits per heavy atom. The van der Waals surface area contributed by atoms with E-state index in [1.54, 1.807) is 18.3 Å². The minimum absolute atomic E-state index is 0.0162. The first-order valence-corrected chi connectivity index (χ1v) is 11.4. The van der Waals surface area contributed by atoms with Gasteiger partial charge in [-0.3, -0.25) is 23.7 Å². The lowest BCUT2D eigenvalue weighted by molar-refractivity contribution is -0.137. The summed E-state index contributed by atoms with van der Waals surface area (Å²) in [5.41, 5.74) is 0.493. The molecule has 4 heterocycles. The highest BCUT2D eigenvalue weighted by molar-refractivity contribution is 8.26. The van der Waals surface area contributed by atoms with Crippen molar-refractivity contribution in [3.05, 3.63) is 45.2 Å². The van der Waals surface area contributed by atoms with Crippen LogP contribution < -0.4 is 10.5 Å². The van der Waals surface area contributed by atoms with Crippen molar-refractivity contribution >= 4 is 57.7 Å². The highest BCUT2D eigenvalue weighted by Crippen LogP contribution is 2.34. The number of hydrogen-bond acceptors (Lipinski definition) is 8. The van der Waals surface area contributed by atoms with Crippen LogP contribution in [-0.4, -0.2) is 67.4 Å². The van der Waals surface area contributed by atoms with Crippen LogP contribution in [-0.2, 0) is 14.3 Å². The summed E-state index contributed by atoms with van der Waals surface area (Å²) in [6, 6.07) is 5.31. The average molecular weight is 475 g/mol. The van der Waals surface area contributed by atoms with Gasteiger partial charge in [-0.15, -0.1) is 0 Å². The summed E-state index contributed by atoms with van der Waals surface area (Å²) in [6.07, 6.45) is 2.85. The standard InChI is InChI=1S/C21H22N4O5S2/c1-12-10-23(11-13(2)30-12)18-14(19(28)24-7-4-3-5-16(24)22-18)9-15-20(29)25(21(31)32-15)8-6-17(26)27/h3-5,7,9,12-13H,6,8,10-11H2,1-2H3,(H,26,27). The highest BCUT2D eigenvalue weighted by Gasteiger charge is 2.33. The number of carboxylic acids is 1. The second-order valence-electron chi connectivity index (χ2n) is 7.72. The number of rotatable bonds is 5. The lowest BCUT2D eigenvalue weighted by atomic mass is 10.2. The second-order valence-corrected chi connectivity index (χ2v) is 9.40. The Morgan fingerprint density at radius 2 is 2.03 bits per heavy atom. The molecule has 168 valence electrons. The van der Waals surface area contributed by atoms with Gasteiger partial charge in [-0.1, -0.05) is 30.0 Å². The van der Waals surface area contributed by atoms with Crippen molar-refractivity contribution in [1.82, 2.24) is 14.3 Å². The molecule has 2 aliphatic heterocycles. The molecule has 1 amide bonds. The lowest BCUT2D eigenvalue weighted by Gasteiger charge is -2.36. The molecule has 0 saturated carbocycles. The molecule has 0 spiro atoms. The normalized spacial score (nSPS) is 22.9.